The molecule has 0 spiro atoms. The Hall–Kier alpha value is -0.980. The molecule has 0 aliphatic carbocycles. The molecule has 1 heteroatoms. The minimum Gasteiger partial charge on any atom is -0.378 e. The summed E-state index contributed by atoms with van der Waals surface area (Å²) in [6, 6.07) is 10.3. The summed E-state index contributed by atoms with van der Waals surface area (Å²) < 4.78 is 0. The Morgan fingerprint density at radius 3 is 1.80 bits per heavy atom. The number of rotatable bonds is 1. The quantitative estimate of drug-likeness (QED) is 0.574. The van der Waals surface area contributed by atoms with Crippen LogP contribution in [0.3, 0.4) is 0 Å². The average Bonchev–Trinajstić information content (AvgIpc) is 1.90. The fourth-order valence-corrected chi connectivity index (χ4v) is 0.726. The molecule has 0 atom stereocenters. The Morgan fingerprint density at radius 1 is 1.00 bits per heavy atom. The molecule has 1 rings (SSSR count). The van der Waals surface area contributed by atoms with Crippen LogP contribution in [-0.4, -0.2) is 14.1 Å². The third-order valence-corrected chi connectivity index (χ3v) is 1.27. The van der Waals surface area contributed by atoms with E-state index in [0.717, 1.165) is 0 Å². The summed E-state index contributed by atoms with van der Waals surface area (Å²) >= 11 is 0. The van der Waals surface area contributed by atoms with Gasteiger partial charge in [0.1, 0.15) is 0 Å². The van der Waals surface area contributed by atoms with E-state index in [1.165, 1.54) is 5.69 Å². The van der Waals surface area contributed by atoms with Crippen LogP contribution in [0, 0.1) is 0 Å². The molecule has 0 heterocycles. The van der Waals surface area contributed by atoms with Crippen molar-refractivity contribution in [2.75, 3.05) is 19.0 Å². The molecule has 1 aromatic rings. The second-order valence-corrected chi connectivity index (χ2v) is 2.23. The minimum atomic E-state index is 0. The Bertz CT molecular complexity index is 167. The van der Waals surface area contributed by atoms with Crippen molar-refractivity contribution < 1.29 is 0 Å². The lowest BCUT2D eigenvalue weighted by Crippen LogP contribution is -2.07. The second-order valence-electron chi connectivity index (χ2n) is 2.23. The maximum Gasteiger partial charge on any atom is 0.0360 e. The highest BCUT2D eigenvalue weighted by atomic mass is 15.1. The molecule has 0 amide bonds. The Balaban J connectivity index is 0.000000810. The third-order valence-electron chi connectivity index (χ3n) is 1.27. The van der Waals surface area contributed by atoms with E-state index < -0.39 is 0 Å². The maximum absolute atomic E-state index is 2.08. The topological polar surface area (TPSA) is 3.24 Å². The van der Waals surface area contributed by atoms with Gasteiger partial charge in [-0.3, -0.25) is 0 Å². The van der Waals surface area contributed by atoms with Crippen LogP contribution in [0.4, 0.5) is 5.69 Å². The molecular formula is C9H15N. The lowest BCUT2D eigenvalue weighted by atomic mass is 10.3. The molecule has 1 aromatic carbocycles. The first kappa shape index (κ1) is 9.02. The largest absolute Gasteiger partial charge is 0.378 e. The fourth-order valence-electron chi connectivity index (χ4n) is 0.726. The van der Waals surface area contributed by atoms with Gasteiger partial charge in [0.15, 0.2) is 0 Å². The molecule has 56 valence electrons. The third kappa shape index (κ3) is 2.09. The van der Waals surface area contributed by atoms with Crippen LogP contribution in [0.1, 0.15) is 7.43 Å². The highest BCUT2D eigenvalue weighted by Gasteiger charge is 1.87. The fraction of sp³-hybridized carbons (Fsp3) is 0.333. The number of hydrogen-bond donors (Lipinski definition) is 0. The van der Waals surface area contributed by atoms with Gasteiger partial charge in [0.2, 0.25) is 0 Å². The first-order valence-corrected chi connectivity index (χ1v) is 3.03. The number of nitrogens with zero attached hydrogens (tertiary/aromatic N) is 1. The van der Waals surface area contributed by atoms with Crippen molar-refractivity contribution in [3.05, 3.63) is 30.3 Å². The molecule has 0 radical (unpaired) electrons. The van der Waals surface area contributed by atoms with E-state index in [4.69, 9.17) is 0 Å². The highest BCUT2D eigenvalue weighted by molar-refractivity contribution is 5.43. The standard InChI is InChI=1S/C8H11N.CH4/c1-9(2)8-6-4-3-5-7-8;/h3-7H,1-2H3;1H4. The van der Waals surface area contributed by atoms with Gasteiger partial charge in [0.25, 0.3) is 0 Å². The average molecular weight is 137 g/mol. The Morgan fingerprint density at radius 2 is 1.50 bits per heavy atom. The van der Waals surface area contributed by atoms with Crippen molar-refractivity contribution >= 4 is 5.69 Å². The highest BCUT2D eigenvalue weighted by Crippen LogP contribution is 2.07. The van der Waals surface area contributed by atoms with Crippen molar-refractivity contribution in [3.63, 3.8) is 0 Å². The van der Waals surface area contributed by atoms with Gasteiger partial charge in [-0.25, -0.2) is 0 Å². The Labute approximate surface area is 63.3 Å². The van der Waals surface area contributed by atoms with Crippen LogP contribution >= 0.6 is 0 Å². The molecule has 0 aliphatic heterocycles. The predicted octanol–water partition coefficient (Wildman–Crippen LogP) is 2.39. The summed E-state index contributed by atoms with van der Waals surface area (Å²) in [5.41, 5.74) is 1.25. The molecular weight excluding hydrogens is 122 g/mol. The number of para-hydroxylation sites is 1. The molecule has 0 bridgehead atoms. The van der Waals surface area contributed by atoms with E-state index in [2.05, 4.69) is 17.0 Å². The van der Waals surface area contributed by atoms with E-state index in [1.807, 2.05) is 32.3 Å². The predicted molar refractivity (Wildman–Crippen MR) is 47.5 cm³/mol. The van der Waals surface area contributed by atoms with E-state index >= 15 is 0 Å². The van der Waals surface area contributed by atoms with E-state index in [-0.39, 0.29) is 7.43 Å². The lowest BCUT2D eigenvalue weighted by Gasteiger charge is -2.10. The Kier molecular flexibility index (Phi) is 3.55. The van der Waals surface area contributed by atoms with Crippen molar-refractivity contribution in [2.24, 2.45) is 0 Å². The van der Waals surface area contributed by atoms with Crippen molar-refractivity contribution in [2.45, 2.75) is 7.43 Å². The zero-order chi connectivity index (χ0) is 6.69. The van der Waals surface area contributed by atoms with Crippen molar-refractivity contribution in [3.8, 4) is 0 Å². The zero-order valence-corrected chi connectivity index (χ0v) is 5.83. The minimum absolute atomic E-state index is 0. The number of benzene rings is 1. The second kappa shape index (κ2) is 3.94. The summed E-state index contributed by atoms with van der Waals surface area (Å²) in [6.45, 7) is 0. The summed E-state index contributed by atoms with van der Waals surface area (Å²) in [4.78, 5) is 2.08. The summed E-state index contributed by atoms with van der Waals surface area (Å²) in [7, 11) is 4.07. The van der Waals surface area contributed by atoms with Crippen LogP contribution in [0.15, 0.2) is 30.3 Å². The molecule has 0 saturated heterocycles. The summed E-state index contributed by atoms with van der Waals surface area (Å²) in [5.74, 6) is 0. The normalized spacial score (nSPS) is 8.20. The van der Waals surface area contributed by atoms with Gasteiger partial charge in [-0.15, -0.1) is 0 Å². The van der Waals surface area contributed by atoms with Gasteiger partial charge in [0.05, 0.1) is 0 Å². The molecule has 0 aliphatic rings. The summed E-state index contributed by atoms with van der Waals surface area (Å²) in [5, 5.41) is 0. The smallest absolute Gasteiger partial charge is 0.0360 e. The maximum atomic E-state index is 2.08. The van der Waals surface area contributed by atoms with Crippen LogP contribution in [0.2, 0.25) is 0 Å². The monoisotopic (exact) mass is 137 g/mol. The van der Waals surface area contributed by atoms with Gasteiger partial charge in [-0.1, -0.05) is 25.6 Å². The first-order valence-electron chi connectivity index (χ1n) is 3.03. The molecule has 1 nitrogen and oxygen atoms in total. The number of hydrogen-bond acceptors (Lipinski definition) is 1. The zero-order valence-electron chi connectivity index (χ0n) is 5.83. The van der Waals surface area contributed by atoms with Crippen LogP contribution in [-0.2, 0) is 0 Å². The van der Waals surface area contributed by atoms with Crippen molar-refractivity contribution in [1.82, 2.24) is 0 Å². The van der Waals surface area contributed by atoms with Gasteiger partial charge in [0, 0.05) is 19.8 Å². The summed E-state index contributed by atoms with van der Waals surface area (Å²) in [6.07, 6.45) is 0. The lowest BCUT2D eigenvalue weighted by molar-refractivity contribution is 1.13. The van der Waals surface area contributed by atoms with Gasteiger partial charge in [-0.2, -0.15) is 0 Å². The first-order chi connectivity index (χ1) is 4.30. The van der Waals surface area contributed by atoms with Crippen LogP contribution < -0.4 is 4.90 Å². The van der Waals surface area contributed by atoms with E-state index in [1.54, 1.807) is 0 Å². The van der Waals surface area contributed by atoms with E-state index in [9.17, 15) is 0 Å². The van der Waals surface area contributed by atoms with Gasteiger partial charge >= 0.3 is 0 Å². The SMILES string of the molecule is C.CN(C)c1ccccc1. The molecule has 0 N–H and O–H groups in total. The van der Waals surface area contributed by atoms with E-state index in [0.29, 0.717) is 0 Å². The molecule has 0 unspecified atom stereocenters. The molecule has 10 heavy (non-hydrogen) atoms. The van der Waals surface area contributed by atoms with Crippen LogP contribution in [0.25, 0.3) is 0 Å². The van der Waals surface area contributed by atoms with Crippen LogP contribution in [0.5, 0.6) is 0 Å². The number of anilines is 1. The van der Waals surface area contributed by atoms with Crippen molar-refractivity contribution in [1.29, 1.82) is 0 Å². The van der Waals surface area contributed by atoms with Gasteiger partial charge in [-0.05, 0) is 12.1 Å². The molecule has 0 fully saturated rings. The molecule has 0 aromatic heterocycles. The molecule has 0 saturated carbocycles. The van der Waals surface area contributed by atoms with Gasteiger partial charge < -0.3 is 4.90 Å².